The first kappa shape index (κ1) is 19.5. The summed E-state index contributed by atoms with van der Waals surface area (Å²) in [7, 11) is 0. The molecule has 0 aliphatic carbocycles. The van der Waals surface area contributed by atoms with Crippen molar-refractivity contribution in [1.29, 1.82) is 0 Å². The van der Waals surface area contributed by atoms with E-state index in [1.54, 1.807) is 0 Å². The van der Waals surface area contributed by atoms with E-state index < -0.39 is 0 Å². The van der Waals surface area contributed by atoms with Crippen molar-refractivity contribution in [3.8, 4) is 17.2 Å². The minimum atomic E-state index is -0.221. The smallest absolute Gasteiger partial charge is 0.258 e. The van der Waals surface area contributed by atoms with Crippen LogP contribution in [0.15, 0.2) is 46.9 Å². The van der Waals surface area contributed by atoms with E-state index in [1.165, 1.54) is 5.56 Å². The summed E-state index contributed by atoms with van der Waals surface area (Å²) in [5.74, 6) is 1.86. The Kier molecular flexibility index (Phi) is 5.95. The lowest BCUT2D eigenvalue weighted by Gasteiger charge is -2.26. The summed E-state index contributed by atoms with van der Waals surface area (Å²) in [6.45, 7) is 7.16. The molecule has 0 saturated heterocycles. The van der Waals surface area contributed by atoms with Gasteiger partial charge in [0.1, 0.15) is 18.5 Å². The van der Waals surface area contributed by atoms with Crippen LogP contribution in [0.4, 0.5) is 0 Å². The Morgan fingerprint density at radius 1 is 1.22 bits per heavy atom. The van der Waals surface area contributed by atoms with E-state index in [0.717, 1.165) is 10.2 Å². The first-order chi connectivity index (χ1) is 12.8. The fraction of sp³-hybridized carbons (Fsp3) is 0.381. The molecule has 0 aromatic heterocycles. The summed E-state index contributed by atoms with van der Waals surface area (Å²) < 4.78 is 17.9. The second-order valence-corrected chi connectivity index (χ2v) is 8.34. The molecule has 1 aliphatic heterocycles. The Hall–Kier alpha value is -2.21. The molecule has 1 atom stereocenters. The zero-order chi connectivity index (χ0) is 19.4. The number of halogens is 1. The van der Waals surface area contributed by atoms with Crippen LogP contribution in [0, 0.1) is 0 Å². The number of ether oxygens (including phenoxy) is 3. The standard InChI is InChI=1S/C21H24BrNO4/c1-21(2,3)14-8-9-17(16(22)10-14)26-13-20(24)23-11-15-12-25-18-6-4-5-7-19(18)27-15/h4-10,15H,11-13H2,1-3H3,(H,23,24). The van der Waals surface area contributed by atoms with Crippen molar-refractivity contribution >= 4 is 21.8 Å². The van der Waals surface area contributed by atoms with Crippen molar-refractivity contribution in [2.24, 2.45) is 0 Å². The summed E-state index contributed by atoms with van der Waals surface area (Å²) in [6.07, 6.45) is -0.221. The first-order valence-electron chi connectivity index (χ1n) is 8.91. The van der Waals surface area contributed by atoms with E-state index in [1.807, 2.05) is 42.5 Å². The number of rotatable bonds is 5. The van der Waals surface area contributed by atoms with Gasteiger partial charge in [-0.25, -0.2) is 0 Å². The van der Waals surface area contributed by atoms with Gasteiger partial charge in [-0.15, -0.1) is 0 Å². The molecule has 1 heterocycles. The van der Waals surface area contributed by atoms with Crippen LogP contribution in [0.3, 0.4) is 0 Å². The Balaban J connectivity index is 1.47. The number of para-hydroxylation sites is 2. The Labute approximate surface area is 168 Å². The van der Waals surface area contributed by atoms with Gasteiger partial charge in [0.05, 0.1) is 11.0 Å². The summed E-state index contributed by atoms with van der Waals surface area (Å²) in [6, 6.07) is 13.4. The van der Waals surface area contributed by atoms with Crippen LogP contribution in [0.25, 0.3) is 0 Å². The molecule has 1 N–H and O–H groups in total. The molecule has 2 aromatic carbocycles. The van der Waals surface area contributed by atoms with Crippen LogP contribution < -0.4 is 19.5 Å². The average Bonchev–Trinajstić information content (AvgIpc) is 2.64. The van der Waals surface area contributed by atoms with Gasteiger partial charge in [-0.05, 0) is 51.2 Å². The van der Waals surface area contributed by atoms with Crippen molar-refractivity contribution in [3.63, 3.8) is 0 Å². The molecule has 0 bridgehead atoms. The number of nitrogens with one attached hydrogen (secondary N) is 1. The lowest BCUT2D eigenvalue weighted by Crippen LogP contribution is -2.42. The lowest BCUT2D eigenvalue weighted by atomic mass is 9.87. The number of hydrogen-bond donors (Lipinski definition) is 1. The molecule has 144 valence electrons. The maximum absolute atomic E-state index is 12.1. The van der Waals surface area contributed by atoms with E-state index >= 15 is 0 Å². The van der Waals surface area contributed by atoms with Gasteiger partial charge in [0.25, 0.3) is 5.91 Å². The maximum Gasteiger partial charge on any atom is 0.258 e. The molecule has 1 unspecified atom stereocenters. The number of fused-ring (bicyclic) bond motifs is 1. The van der Waals surface area contributed by atoms with Gasteiger partial charge in [-0.2, -0.15) is 0 Å². The quantitative estimate of drug-likeness (QED) is 0.771. The van der Waals surface area contributed by atoms with Crippen LogP contribution in [0.1, 0.15) is 26.3 Å². The molecular weight excluding hydrogens is 410 g/mol. The maximum atomic E-state index is 12.1. The van der Waals surface area contributed by atoms with E-state index in [2.05, 4.69) is 42.0 Å². The number of amides is 1. The van der Waals surface area contributed by atoms with Crippen LogP contribution >= 0.6 is 15.9 Å². The average molecular weight is 434 g/mol. The van der Waals surface area contributed by atoms with Crippen molar-refractivity contribution in [2.45, 2.75) is 32.3 Å². The highest BCUT2D eigenvalue weighted by Gasteiger charge is 2.21. The third kappa shape index (κ3) is 5.16. The molecule has 27 heavy (non-hydrogen) atoms. The van der Waals surface area contributed by atoms with Crippen molar-refractivity contribution in [1.82, 2.24) is 5.32 Å². The second kappa shape index (κ2) is 8.21. The molecular formula is C21H24BrNO4. The molecule has 2 aromatic rings. The normalized spacial score (nSPS) is 15.9. The van der Waals surface area contributed by atoms with Gasteiger partial charge in [0, 0.05) is 0 Å². The van der Waals surface area contributed by atoms with Gasteiger partial charge in [-0.3, -0.25) is 4.79 Å². The lowest BCUT2D eigenvalue weighted by molar-refractivity contribution is -0.123. The van der Waals surface area contributed by atoms with E-state index in [-0.39, 0.29) is 24.0 Å². The topological polar surface area (TPSA) is 56.8 Å². The summed E-state index contributed by atoms with van der Waals surface area (Å²) in [5.41, 5.74) is 1.25. The van der Waals surface area contributed by atoms with Crippen molar-refractivity contribution < 1.29 is 19.0 Å². The van der Waals surface area contributed by atoms with Gasteiger partial charge in [0.2, 0.25) is 0 Å². The third-order valence-corrected chi connectivity index (χ3v) is 4.87. The first-order valence-corrected chi connectivity index (χ1v) is 9.70. The number of benzene rings is 2. The highest BCUT2D eigenvalue weighted by molar-refractivity contribution is 9.10. The van der Waals surface area contributed by atoms with Crippen molar-refractivity contribution in [3.05, 3.63) is 52.5 Å². The fourth-order valence-corrected chi connectivity index (χ4v) is 3.16. The SMILES string of the molecule is CC(C)(C)c1ccc(OCC(=O)NCC2COc3ccccc3O2)c(Br)c1. The van der Waals surface area contributed by atoms with Gasteiger partial charge >= 0.3 is 0 Å². The fourth-order valence-electron chi connectivity index (χ4n) is 2.67. The molecule has 0 saturated carbocycles. The van der Waals surface area contributed by atoms with Crippen molar-refractivity contribution in [2.75, 3.05) is 19.8 Å². The number of hydrogen-bond acceptors (Lipinski definition) is 4. The Bertz CT molecular complexity index is 816. The predicted octanol–water partition coefficient (Wildman–Crippen LogP) is 4.08. The molecule has 0 radical (unpaired) electrons. The van der Waals surface area contributed by atoms with E-state index in [0.29, 0.717) is 24.7 Å². The minimum Gasteiger partial charge on any atom is -0.486 e. The third-order valence-electron chi connectivity index (χ3n) is 4.25. The molecule has 1 amide bonds. The van der Waals surface area contributed by atoms with Crippen LogP contribution in [0.5, 0.6) is 17.2 Å². The van der Waals surface area contributed by atoms with E-state index in [9.17, 15) is 4.79 Å². The van der Waals surface area contributed by atoms with Crippen LogP contribution in [0.2, 0.25) is 0 Å². The molecule has 3 rings (SSSR count). The Morgan fingerprint density at radius 2 is 1.96 bits per heavy atom. The minimum absolute atomic E-state index is 0.0547. The second-order valence-electron chi connectivity index (χ2n) is 7.49. The van der Waals surface area contributed by atoms with Gasteiger partial charge in [0.15, 0.2) is 18.1 Å². The molecule has 5 nitrogen and oxygen atoms in total. The highest BCUT2D eigenvalue weighted by atomic mass is 79.9. The summed E-state index contributed by atoms with van der Waals surface area (Å²) >= 11 is 3.51. The Morgan fingerprint density at radius 3 is 2.67 bits per heavy atom. The van der Waals surface area contributed by atoms with Crippen LogP contribution in [-0.2, 0) is 10.2 Å². The number of carbonyl (C=O) groups excluding carboxylic acids is 1. The van der Waals surface area contributed by atoms with Gasteiger partial charge < -0.3 is 19.5 Å². The molecule has 0 spiro atoms. The summed E-state index contributed by atoms with van der Waals surface area (Å²) in [5, 5.41) is 2.82. The number of carbonyl (C=O) groups is 1. The monoisotopic (exact) mass is 433 g/mol. The zero-order valence-corrected chi connectivity index (χ0v) is 17.3. The molecule has 0 fully saturated rings. The van der Waals surface area contributed by atoms with Crippen LogP contribution in [-0.4, -0.2) is 31.8 Å². The largest absolute Gasteiger partial charge is 0.486 e. The molecule has 1 aliphatic rings. The van der Waals surface area contributed by atoms with Gasteiger partial charge in [-0.1, -0.05) is 39.0 Å². The highest BCUT2D eigenvalue weighted by Crippen LogP contribution is 2.32. The summed E-state index contributed by atoms with van der Waals surface area (Å²) in [4.78, 5) is 12.1. The molecule has 6 heteroatoms. The zero-order valence-electron chi connectivity index (χ0n) is 15.8. The predicted molar refractivity (Wildman–Crippen MR) is 108 cm³/mol. The van der Waals surface area contributed by atoms with E-state index in [4.69, 9.17) is 14.2 Å².